The van der Waals surface area contributed by atoms with Crippen LogP contribution in [0.5, 0.6) is 0 Å². The number of pyridine rings is 2. The Morgan fingerprint density at radius 2 is 1.97 bits per heavy atom. The van der Waals surface area contributed by atoms with E-state index in [1.807, 2.05) is 36.5 Å². The molecule has 1 amide bonds. The van der Waals surface area contributed by atoms with Crippen molar-refractivity contribution in [1.82, 2.24) is 24.7 Å². The van der Waals surface area contributed by atoms with E-state index in [1.165, 1.54) is 12.8 Å². The third-order valence-corrected chi connectivity index (χ3v) is 6.13. The van der Waals surface area contributed by atoms with Gasteiger partial charge in [0.15, 0.2) is 5.82 Å². The Bertz CT molecular complexity index is 1280. The summed E-state index contributed by atoms with van der Waals surface area (Å²) in [6, 6.07) is 15.8. The van der Waals surface area contributed by atoms with Crippen LogP contribution >= 0.6 is 0 Å². The molecular weight excluding hydrogens is 412 g/mol. The van der Waals surface area contributed by atoms with E-state index in [4.69, 9.17) is 0 Å². The van der Waals surface area contributed by atoms with Gasteiger partial charge in [-0.25, -0.2) is 0 Å². The fourth-order valence-electron chi connectivity index (χ4n) is 3.83. The molecule has 1 atom stereocenters. The normalized spacial score (nSPS) is 14.1. The number of benzene rings is 1. The second kappa shape index (κ2) is 8.94. The molecule has 7 nitrogen and oxygen atoms in total. The molecule has 0 spiro atoms. The van der Waals surface area contributed by atoms with E-state index in [0.717, 1.165) is 34.6 Å². The maximum Gasteiger partial charge on any atom is 0.274 e. The van der Waals surface area contributed by atoms with E-state index in [9.17, 15) is 4.79 Å². The van der Waals surface area contributed by atoms with E-state index >= 15 is 0 Å². The minimum Gasteiger partial charge on any atom is -0.321 e. The predicted molar refractivity (Wildman–Crippen MR) is 128 cm³/mol. The Hall–Kier alpha value is -3.87. The van der Waals surface area contributed by atoms with Gasteiger partial charge < -0.3 is 9.88 Å². The number of aromatic nitrogens is 5. The largest absolute Gasteiger partial charge is 0.321 e. The van der Waals surface area contributed by atoms with Gasteiger partial charge in [-0.05, 0) is 62.1 Å². The number of hydrogen-bond donors (Lipinski definition) is 1. The lowest BCUT2D eigenvalue weighted by Crippen LogP contribution is -2.13. The van der Waals surface area contributed by atoms with Crippen molar-refractivity contribution in [3.8, 4) is 22.5 Å². The van der Waals surface area contributed by atoms with Crippen LogP contribution in [0.3, 0.4) is 0 Å². The summed E-state index contributed by atoms with van der Waals surface area (Å²) in [4.78, 5) is 21.8. The van der Waals surface area contributed by atoms with Crippen LogP contribution in [0.2, 0.25) is 0 Å². The molecule has 0 aliphatic heterocycles. The van der Waals surface area contributed by atoms with E-state index in [-0.39, 0.29) is 11.9 Å². The van der Waals surface area contributed by atoms with Crippen molar-refractivity contribution in [2.75, 3.05) is 5.32 Å². The summed E-state index contributed by atoms with van der Waals surface area (Å²) in [5, 5.41) is 11.3. The molecule has 0 radical (unpaired) electrons. The molecule has 5 rings (SSSR count). The molecule has 3 heterocycles. The van der Waals surface area contributed by atoms with E-state index in [2.05, 4.69) is 56.0 Å². The molecule has 0 bridgehead atoms. The third-order valence-electron chi connectivity index (χ3n) is 6.13. The van der Waals surface area contributed by atoms with Crippen molar-refractivity contribution in [1.29, 1.82) is 0 Å². The summed E-state index contributed by atoms with van der Waals surface area (Å²) >= 11 is 0. The van der Waals surface area contributed by atoms with E-state index in [1.54, 1.807) is 18.6 Å². The van der Waals surface area contributed by atoms with Gasteiger partial charge in [0.05, 0.1) is 0 Å². The molecule has 166 valence electrons. The van der Waals surface area contributed by atoms with Gasteiger partial charge in [0.2, 0.25) is 0 Å². The van der Waals surface area contributed by atoms with Crippen LogP contribution in [-0.4, -0.2) is 30.6 Å². The molecule has 7 heteroatoms. The number of nitrogens with one attached hydrogen (secondary N) is 1. The van der Waals surface area contributed by atoms with E-state index in [0.29, 0.717) is 17.3 Å². The predicted octanol–water partition coefficient (Wildman–Crippen LogP) is 5.50. The van der Waals surface area contributed by atoms with Gasteiger partial charge >= 0.3 is 0 Å². The lowest BCUT2D eigenvalue weighted by atomic mass is 10.1. The molecule has 33 heavy (non-hydrogen) atoms. The van der Waals surface area contributed by atoms with Crippen LogP contribution in [0.4, 0.5) is 5.69 Å². The van der Waals surface area contributed by atoms with Gasteiger partial charge in [0, 0.05) is 46.9 Å². The van der Waals surface area contributed by atoms with Gasteiger partial charge in [0.25, 0.3) is 5.91 Å². The molecule has 1 aliphatic carbocycles. The first-order valence-electron chi connectivity index (χ1n) is 11.4. The number of carbonyl (C=O) groups excluding carboxylic acids is 1. The molecule has 1 fully saturated rings. The van der Waals surface area contributed by atoms with E-state index < -0.39 is 0 Å². The van der Waals surface area contributed by atoms with Crippen molar-refractivity contribution in [3.63, 3.8) is 0 Å². The minimum atomic E-state index is -0.264. The third kappa shape index (κ3) is 4.53. The molecular formula is C26H26N6O. The second-order valence-electron chi connectivity index (χ2n) is 8.53. The van der Waals surface area contributed by atoms with Gasteiger partial charge in [-0.2, -0.15) is 0 Å². The SMILES string of the molecule is CCC(C)n1cnnc1-c1cccc(NC(=O)c2cc(-c3ccc(C4CC4)nc3)ccn2)c1. The van der Waals surface area contributed by atoms with Crippen LogP contribution in [0.25, 0.3) is 22.5 Å². The smallest absolute Gasteiger partial charge is 0.274 e. The zero-order chi connectivity index (χ0) is 22.8. The van der Waals surface area contributed by atoms with Crippen LogP contribution in [0.15, 0.2) is 67.3 Å². The number of amides is 1. The molecule has 3 aromatic heterocycles. The van der Waals surface area contributed by atoms with Crippen LogP contribution < -0.4 is 5.32 Å². The highest BCUT2D eigenvalue weighted by atomic mass is 16.1. The number of nitrogens with zero attached hydrogens (tertiary/aromatic N) is 5. The maximum absolute atomic E-state index is 12.9. The first-order chi connectivity index (χ1) is 16.1. The molecule has 1 N–H and O–H groups in total. The van der Waals surface area contributed by atoms with Gasteiger partial charge in [-0.1, -0.05) is 25.1 Å². The summed E-state index contributed by atoms with van der Waals surface area (Å²) in [6.07, 6.45) is 8.70. The second-order valence-corrected chi connectivity index (χ2v) is 8.53. The molecule has 0 saturated heterocycles. The molecule has 1 saturated carbocycles. The van der Waals surface area contributed by atoms with Gasteiger partial charge in [0.1, 0.15) is 12.0 Å². The first kappa shape index (κ1) is 21.0. The molecule has 1 aromatic carbocycles. The van der Waals surface area contributed by atoms with Crippen LogP contribution in [-0.2, 0) is 0 Å². The topological polar surface area (TPSA) is 85.6 Å². The number of hydrogen-bond acceptors (Lipinski definition) is 5. The zero-order valence-electron chi connectivity index (χ0n) is 18.8. The average molecular weight is 439 g/mol. The zero-order valence-corrected chi connectivity index (χ0v) is 18.8. The number of rotatable bonds is 7. The monoisotopic (exact) mass is 438 g/mol. The minimum absolute atomic E-state index is 0.264. The summed E-state index contributed by atoms with van der Waals surface area (Å²) in [5.74, 6) is 1.13. The maximum atomic E-state index is 12.9. The quantitative estimate of drug-likeness (QED) is 0.412. The first-order valence-corrected chi connectivity index (χ1v) is 11.4. The summed E-state index contributed by atoms with van der Waals surface area (Å²) in [6.45, 7) is 4.26. The van der Waals surface area contributed by atoms with Crippen LogP contribution in [0.1, 0.15) is 61.3 Å². The van der Waals surface area contributed by atoms with Gasteiger partial charge in [-0.3, -0.25) is 14.8 Å². The number of anilines is 1. The Morgan fingerprint density at radius 3 is 2.73 bits per heavy atom. The summed E-state index contributed by atoms with van der Waals surface area (Å²) < 4.78 is 2.05. The van der Waals surface area contributed by atoms with Crippen molar-refractivity contribution < 1.29 is 4.79 Å². The van der Waals surface area contributed by atoms with Crippen molar-refractivity contribution in [2.24, 2.45) is 0 Å². The van der Waals surface area contributed by atoms with Crippen molar-refractivity contribution >= 4 is 11.6 Å². The Balaban J connectivity index is 1.34. The van der Waals surface area contributed by atoms with Crippen LogP contribution in [0, 0.1) is 0 Å². The summed E-state index contributed by atoms with van der Waals surface area (Å²) in [5.41, 5.74) is 4.97. The van der Waals surface area contributed by atoms with Gasteiger partial charge in [-0.15, -0.1) is 10.2 Å². The van der Waals surface area contributed by atoms with Crippen molar-refractivity contribution in [2.45, 2.75) is 45.1 Å². The Labute approximate surface area is 192 Å². The molecule has 1 aliphatic rings. The lowest BCUT2D eigenvalue weighted by molar-refractivity contribution is 0.102. The molecule has 1 unspecified atom stereocenters. The number of carbonyl (C=O) groups is 1. The highest BCUT2D eigenvalue weighted by Crippen LogP contribution is 2.39. The Morgan fingerprint density at radius 1 is 1.09 bits per heavy atom. The molecule has 4 aromatic rings. The fourth-order valence-corrected chi connectivity index (χ4v) is 3.83. The summed E-state index contributed by atoms with van der Waals surface area (Å²) in [7, 11) is 0. The fraction of sp³-hybridized carbons (Fsp3) is 0.269. The lowest BCUT2D eigenvalue weighted by Gasteiger charge is -2.13. The highest BCUT2D eigenvalue weighted by molar-refractivity contribution is 6.03. The average Bonchev–Trinajstić information content (AvgIpc) is 3.60. The van der Waals surface area contributed by atoms with Crippen molar-refractivity contribution in [3.05, 3.63) is 78.6 Å². The standard InChI is InChI=1S/C26H26N6O/c1-3-17(2)32-16-29-31-25(32)20-5-4-6-22(13-20)30-26(33)24-14-19(11-12-27-24)21-9-10-23(28-15-21)18-7-8-18/h4-6,9-18H,3,7-8H2,1-2H3,(H,30,33). The Kier molecular flexibility index (Phi) is 5.69. The highest BCUT2D eigenvalue weighted by Gasteiger charge is 2.24.